The van der Waals surface area contributed by atoms with E-state index in [1.165, 1.54) is 4.90 Å². The highest BCUT2D eigenvalue weighted by molar-refractivity contribution is 5.80. The maximum atomic E-state index is 11.7. The van der Waals surface area contributed by atoms with Crippen LogP contribution in [0.5, 0.6) is 0 Å². The molecule has 0 rings (SSSR count). The lowest BCUT2D eigenvalue weighted by atomic mass is 10.2. The van der Waals surface area contributed by atoms with Crippen molar-refractivity contribution in [3.63, 3.8) is 0 Å². The fourth-order valence-electron chi connectivity index (χ4n) is 1.29. The number of rotatable bonds is 8. The Morgan fingerprint density at radius 3 is 2.33 bits per heavy atom. The van der Waals surface area contributed by atoms with E-state index in [1.807, 2.05) is 13.8 Å². The Labute approximate surface area is 108 Å². The van der Waals surface area contributed by atoms with Gasteiger partial charge in [-0.2, -0.15) is 0 Å². The van der Waals surface area contributed by atoms with Crippen molar-refractivity contribution in [2.45, 2.75) is 33.7 Å². The van der Waals surface area contributed by atoms with Crippen LogP contribution >= 0.6 is 0 Å². The lowest BCUT2D eigenvalue weighted by Crippen LogP contribution is -2.47. The Hall–Kier alpha value is -1.30. The molecule has 0 aromatic carbocycles. The standard InChI is InChI=1S/C12H24N2O4/c1-9(2)8-18-6-5-13-12(17)14(10(3)4)7-11(15)16/h9-10H,5-8H2,1-4H3,(H,13,17)(H,15,16). The molecule has 2 amide bonds. The molecule has 0 radical (unpaired) electrons. The average Bonchev–Trinajstić information content (AvgIpc) is 2.24. The first-order valence-corrected chi connectivity index (χ1v) is 6.18. The second kappa shape index (κ2) is 8.74. The molecule has 106 valence electrons. The van der Waals surface area contributed by atoms with Crippen LogP contribution in [0, 0.1) is 5.92 Å². The Bertz CT molecular complexity index is 267. The molecule has 18 heavy (non-hydrogen) atoms. The van der Waals surface area contributed by atoms with E-state index < -0.39 is 5.97 Å². The Morgan fingerprint density at radius 1 is 1.28 bits per heavy atom. The van der Waals surface area contributed by atoms with Crippen molar-refractivity contribution in [3.05, 3.63) is 0 Å². The van der Waals surface area contributed by atoms with Gasteiger partial charge in [0.25, 0.3) is 0 Å². The molecule has 0 aliphatic heterocycles. The van der Waals surface area contributed by atoms with Gasteiger partial charge in [0.2, 0.25) is 0 Å². The quantitative estimate of drug-likeness (QED) is 0.642. The third-order valence-electron chi connectivity index (χ3n) is 2.16. The highest BCUT2D eigenvalue weighted by Gasteiger charge is 2.18. The van der Waals surface area contributed by atoms with Gasteiger partial charge < -0.3 is 20.1 Å². The maximum absolute atomic E-state index is 11.7. The van der Waals surface area contributed by atoms with Crippen LogP contribution in [-0.4, -0.2) is 54.4 Å². The predicted molar refractivity (Wildman–Crippen MR) is 68.5 cm³/mol. The molecule has 0 aliphatic rings. The van der Waals surface area contributed by atoms with E-state index in [9.17, 15) is 9.59 Å². The molecule has 0 spiro atoms. The number of amides is 2. The van der Waals surface area contributed by atoms with Crippen LogP contribution < -0.4 is 5.32 Å². The van der Waals surface area contributed by atoms with Crippen LogP contribution in [0.3, 0.4) is 0 Å². The van der Waals surface area contributed by atoms with Crippen LogP contribution in [0.2, 0.25) is 0 Å². The number of carboxylic acids is 1. The largest absolute Gasteiger partial charge is 0.480 e. The van der Waals surface area contributed by atoms with Crippen LogP contribution in [0.1, 0.15) is 27.7 Å². The molecular formula is C12H24N2O4. The predicted octanol–water partition coefficient (Wildman–Crippen LogP) is 1.16. The van der Waals surface area contributed by atoms with Crippen molar-refractivity contribution in [1.82, 2.24) is 10.2 Å². The molecule has 0 aromatic rings. The number of ether oxygens (including phenoxy) is 1. The number of carbonyl (C=O) groups excluding carboxylic acids is 1. The summed E-state index contributed by atoms with van der Waals surface area (Å²) in [5.74, 6) is -0.560. The monoisotopic (exact) mass is 260 g/mol. The van der Waals surface area contributed by atoms with E-state index in [1.54, 1.807) is 13.8 Å². The SMILES string of the molecule is CC(C)COCCNC(=O)N(CC(=O)O)C(C)C. The van der Waals surface area contributed by atoms with Gasteiger partial charge in [-0.05, 0) is 19.8 Å². The molecule has 0 bridgehead atoms. The highest BCUT2D eigenvalue weighted by atomic mass is 16.5. The van der Waals surface area contributed by atoms with Gasteiger partial charge in [-0.1, -0.05) is 13.8 Å². The van der Waals surface area contributed by atoms with Gasteiger partial charge in [0.05, 0.1) is 6.61 Å². The van der Waals surface area contributed by atoms with E-state index in [2.05, 4.69) is 5.32 Å². The summed E-state index contributed by atoms with van der Waals surface area (Å²) >= 11 is 0. The lowest BCUT2D eigenvalue weighted by Gasteiger charge is -2.25. The van der Waals surface area contributed by atoms with E-state index in [0.29, 0.717) is 25.7 Å². The topological polar surface area (TPSA) is 78.9 Å². The van der Waals surface area contributed by atoms with Crippen LogP contribution in [-0.2, 0) is 9.53 Å². The molecular weight excluding hydrogens is 236 g/mol. The van der Waals surface area contributed by atoms with E-state index in [0.717, 1.165) is 0 Å². The van der Waals surface area contributed by atoms with Crippen molar-refractivity contribution in [1.29, 1.82) is 0 Å². The normalized spacial score (nSPS) is 10.8. The maximum Gasteiger partial charge on any atom is 0.323 e. The summed E-state index contributed by atoms with van der Waals surface area (Å²) in [5, 5.41) is 11.3. The summed E-state index contributed by atoms with van der Waals surface area (Å²) in [6.07, 6.45) is 0. The fourth-order valence-corrected chi connectivity index (χ4v) is 1.29. The van der Waals surface area contributed by atoms with E-state index in [-0.39, 0.29) is 18.6 Å². The zero-order valence-electron chi connectivity index (χ0n) is 11.6. The second-order valence-electron chi connectivity index (χ2n) is 4.82. The van der Waals surface area contributed by atoms with Crippen LogP contribution in [0.25, 0.3) is 0 Å². The fraction of sp³-hybridized carbons (Fsp3) is 0.833. The highest BCUT2D eigenvalue weighted by Crippen LogP contribution is 1.98. The van der Waals surface area contributed by atoms with Crippen molar-refractivity contribution < 1.29 is 19.4 Å². The third-order valence-corrected chi connectivity index (χ3v) is 2.16. The van der Waals surface area contributed by atoms with Crippen molar-refractivity contribution in [2.75, 3.05) is 26.3 Å². The Balaban J connectivity index is 3.93. The second-order valence-corrected chi connectivity index (χ2v) is 4.82. The number of hydrogen-bond acceptors (Lipinski definition) is 3. The molecule has 0 saturated carbocycles. The molecule has 0 atom stereocenters. The molecule has 6 heteroatoms. The number of urea groups is 1. The first kappa shape index (κ1) is 16.7. The number of hydrogen-bond donors (Lipinski definition) is 2. The number of nitrogens with one attached hydrogen (secondary N) is 1. The first-order valence-electron chi connectivity index (χ1n) is 6.18. The molecule has 6 nitrogen and oxygen atoms in total. The van der Waals surface area contributed by atoms with Gasteiger partial charge in [0.15, 0.2) is 0 Å². The summed E-state index contributed by atoms with van der Waals surface area (Å²) < 4.78 is 5.32. The molecule has 0 heterocycles. The molecule has 0 aliphatic carbocycles. The van der Waals surface area contributed by atoms with Crippen molar-refractivity contribution in [3.8, 4) is 0 Å². The molecule has 0 saturated heterocycles. The Kier molecular flexibility index (Phi) is 8.11. The third kappa shape index (κ3) is 7.89. The zero-order valence-corrected chi connectivity index (χ0v) is 11.6. The van der Waals surface area contributed by atoms with Crippen molar-refractivity contribution >= 4 is 12.0 Å². The van der Waals surface area contributed by atoms with Crippen LogP contribution in [0.4, 0.5) is 4.79 Å². The van der Waals surface area contributed by atoms with Crippen LogP contribution in [0.15, 0.2) is 0 Å². The van der Waals surface area contributed by atoms with E-state index >= 15 is 0 Å². The molecule has 0 unspecified atom stereocenters. The summed E-state index contributed by atoms with van der Waals surface area (Å²) in [6.45, 7) is 8.82. The first-order chi connectivity index (χ1) is 8.34. The molecule has 0 aromatic heterocycles. The average molecular weight is 260 g/mol. The summed E-state index contributed by atoms with van der Waals surface area (Å²) in [5.41, 5.74) is 0. The summed E-state index contributed by atoms with van der Waals surface area (Å²) in [6, 6.07) is -0.529. The van der Waals surface area contributed by atoms with Gasteiger partial charge in [-0.25, -0.2) is 4.79 Å². The van der Waals surface area contributed by atoms with E-state index in [4.69, 9.17) is 9.84 Å². The van der Waals surface area contributed by atoms with Gasteiger partial charge in [0, 0.05) is 19.2 Å². The number of nitrogens with zero attached hydrogens (tertiary/aromatic N) is 1. The lowest BCUT2D eigenvalue weighted by molar-refractivity contribution is -0.138. The molecule has 2 N–H and O–H groups in total. The number of carboxylic acid groups (broad SMARTS) is 1. The Morgan fingerprint density at radius 2 is 1.89 bits per heavy atom. The number of aliphatic carboxylic acids is 1. The molecule has 0 fully saturated rings. The minimum atomic E-state index is -1.02. The van der Waals surface area contributed by atoms with Gasteiger partial charge in [0.1, 0.15) is 6.54 Å². The van der Waals surface area contributed by atoms with Gasteiger partial charge in [-0.3, -0.25) is 4.79 Å². The van der Waals surface area contributed by atoms with Gasteiger partial charge in [-0.15, -0.1) is 0 Å². The minimum absolute atomic E-state index is 0.155. The number of carbonyl (C=O) groups is 2. The van der Waals surface area contributed by atoms with Crippen molar-refractivity contribution in [2.24, 2.45) is 5.92 Å². The summed E-state index contributed by atoms with van der Waals surface area (Å²) in [4.78, 5) is 23.6. The summed E-state index contributed by atoms with van der Waals surface area (Å²) in [7, 11) is 0. The minimum Gasteiger partial charge on any atom is -0.480 e. The smallest absolute Gasteiger partial charge is 0.323 e. The van der Waals surface area contributed by atoms with Gasteiger partial charge >= 0.3 is 12.0 Å². The zero-order chi connectivity index (χ0) is 14.1.